The van der Waals surface area contributed by atoms with Crippen LogP contribution in [0.1, 0.15) is 41.6 Å². The molecule has 4 heteroatoms. The Balaban J connectivity index is 2.10. The Morgan fingerprint density at radius 3 is 2.48 bits per heavy atom. The van der Waals surface area contributed by atoms with Crippen LogP contribution in [0.15, 0.2) is 42.5 Å². The summed E-state index contributed by atoms with van der Waals surface area (Å²) in [5.74, 6) is 0.867. The van der Waals surface area contributed by atoms with Gasteiger partial charge in [-0.1, -0.05) is 24.3 Å². The summed E-state index contributed by atoms with van der Waals surface area (Å²) in [4.78, 5) is 22.7. The lowest BCUT2D eigenvalue weighted by Crippen LogP contribution is -2.31. The maximum Gasteiger partial charge on any atom is 0.150 e. The summed E-state index contributed by atoms with van der Waals surface area (Å²) in [5, 5.41) is 9.88. The van der Waals surface area contributed by atoms with Crippen LogP contribution in [0.4, 0.5) is 0 Å². The lowest BCUT2D eigenvalue weighted by molar-refractivity contribution is -0.121. The molecule has 0 N–H and O–H groups in total. The van der Waals surface area contributed by atoms with Gasteiger partial charge < -0.3 is 4.74 Å². The fourth-order valence-electron chi connectivity index (χ4n) is 3.45. The molecule has 1 aliphatic rings. The lowest BCUT2D eigenvalue weighted by atomic mass is 9.69. The molecule has 2 aromatic rings. The average Bonchev–Trinajstić information content (AvgIpc) is 2.68. The smallest absolute Gasteiger partial charge is 0.150 e. The minimum atomic E-state index is -0.711. The van der Waals surface area contributed by atoms with Crippen molar-refractivity contribution in [2.75, 3.05) is 7.11 Å². The number of carbonyl (C=O) groups excluding carboxylic acids is 2. The molecule has 1 saturated carbocycles. The van der Waals surface area contributed by atoms with Crippen molar-refractivity contribution in [1.29, 1.82) is 5.26 Å². The van der Waals surface area contributed by atoms with Crippen molar-refractivity contribution < 1.29 is 14.3 Å². The summed E-state index contributed by atoms with van der Waals surface area (Å²) in [5.41, 5.74) is 2.55. The predicted octanol–water partition coefficient (Wildman–Crippen LogP) is 4.08. The van der Waals surface area contributed by atoms with Gasteiger partial charge in [0.1, 0.15) is 17.8 Å². The van der Waals surface area contributed by atoms with Gasteiger partial charge in [-0.2, -0.15) is 5.26 Å². The highest BCUT2D eigenvalue weighted by molar-refractivity contribution is 5.81. The molecule has 2 aromatic carbocycles. The van der Waals surface area contributed by atoms with Crippen LogP contribution in [0.2, 0.25) is 0 Å². The summed E-state index contributed by atoms with van der Waals surface area (Å²) in [6.45, 7) is 0. The van der Waals surface area contributed by atoms with Crippen LogP contribution in [0.3, 0.4) is 0 Å². The van der Waals surface area contributed by atoms with Gasteiger partial charge in [0, 0.05) is 24.0 Å². The Morgan fingerprint density at radius 2 is 1.84 bits per heavy atom. The van der Waals surface area contributed by atoms with E-state index in [-0.39, 0.29) is 5.78 Å². The minimum Gasteiger partial charge on any atom is -0.496 e. The van der Waals surface area contributed by atoms with E-state index < -0.39 is 5.41 Å². The zero-order valence-electron chi connectivity index (χ0n) is 14.1. The molecule has 1 fully saturated rings. The van der Waals surface area contributed by atoms with Gasteiger partial charge in [-0.05, 0) is 42.2 Å². The molecule has 25 heavy (non-hydrogen) atoms. The maximum absolute atomic E-state index is 11.6. The number of ether oxygens (including phenoxy) is 1. The molecular weight excluding hydrogens is 314 g/mol. The molecule has 0 aromatic heterocycles. The Morgan fingerprint density at radius 1 is 1.12 bits per heavy atom. The van der Waals surface area contributed by atoms with E-state index in [0.717, 1.165) is 23.0 Å². The van der Waals surface area contributed by atoms with Crippen LogP contribution in [0.25, 0.3) is 11.1 Å². The Bertz CT molecular complexity index is 854. The van der Waals surface area contributed by atoms with Crippen molar-refractivity contribution in [3.8, 4) is 22.9 Å². The number of hydrogen-bond acceptors (Lipinski definition) is 4. The third-order valence-corrected chi connectivity index (χ3v) is 4.95. The fraction of sp³-hybridized carbons (Fsp3) is 0.286. The number of rotatable bonds is 4. The third-order valence-electron chi connectivity index (χ3n) is 4.95. The normalized spacial score (nSPS) is 16.1. The van der Waals surface area contributed by atoms with Crippen molar-refractivity contribution in [2.45, 2.75) is 31.1 Å². The van der Waals surface area contributed by atoms with E-state index in [1.807, 2.05) is 36.4 Å². The largest absolute Gasteiger partial charge is 0.496 e. The first kappa shape index (κ1) is 16.9. The number of ketones is 1. The van der Waals surface area contributed by atoms with Gasteiger partial charge >= 0.3 is 0 Å². The van der Waals surface area contributed by atoms with Gasteiger partial charge in [0.25, 0.3) is 0 Å². The summed E-state index contributed by atoms with van der Waals surface area (Å²) >= 11 is 0. The minimum absolute atomic E-state index is 0.208. The van der Waals surface area contributed by atoms with E-state index in [2.05, 4.69) is 6.07 Å². The van der Waals surface area contributed by atoms with Crippen molar-refractivity contribution in [1.82, 2.24) is 0 Å². The molecule has 126 valence electrons. The second kappa shape index (κ2) is 6.90. The summed E-state index contributed by atoms with van der Waals surface area (Å²) in [6.07, 6.45) is 2.67. The van der Waals surface area contributed by atoms with E-state index in [9.17, 15) is 14.9 Å². The van der Waals surface area contributed by atoms with Crippen LogP contribution in [0.5, 0.6) is 5.75 Å². The van der Waals surface area contributed by atoms with E-state index in [1.165, 1.54) is 0 Å². The first-order valence-corrected chi connectivity index (χ1v) is 8.29. The molecule has 0 radical (unpaired) electrons. The number of nitrogens with zero attached hydrogens (tertiary/aromatic N) is 1. The Hall–Kier alpha value is -2.93. The topological polar surface area (TPSA) is 67.2 Å². The van der Waals surface area contributed by atoms with Crippen LogP contribution < -0.4 is 4.74 Å². The Labute approximate surface area is 147 Å². The summed E-state index contributed by atoms with van der Waals surface area (Å²) in [7, 11) is 1.59. The predicted molar refractivity (Wildman–Crippen MR) is 94.6 cm³/mol. The number of benzene rings is 2. The van der Waals surface area contributed by atoms with Crippen molar-refractivity contribution in [2.24, 2.45) is 0 Å². The monoisotopic (exact) mass is 333 g/mol. The molecule has 0 unspecified atom stereocenters. The molecule has 0 spiro atoms. The average molecular weight is 333 g/mol. The number of hydrogen-bond donors (Lipinski definition) is 0. The molecule has 3 rings (SSSR count). The van der Waals surface area contributed by atoms with Crippen LogP contribution in [-0.2, 0) is 10.2 Å². The van der Waals surface area contributed by atoms with Gasteiger partial charge in [-0.25, -0.2) is 0 Å². The first-order chi connectivity index (χ1) is 12.1. The van der Waals surface area contributed by atoms with E-state index >= 15 is 0 Å². The number of nitriles is 1. The van der Waals surface area contributed by atoms with Gasteiger partial charge in [-0.3, -0.25) is 9.59 Å². The highest BCUT2D eigenvalue weighted by Gasteiger charge is 2.39. The van der Waals surface area contributed by atoms with Crippen LogP contribution in [0, 0.1) is 11.3 Å². The van der Waals surface area contributed by atoms with E-state index in [4.69, 9.17) is 4.74 Å². The maximum atomic E-state index is 11.6. The van der Waals surface area contributed by atoms with Crippen LogP contribution in [-0.4, -0.2) is 19.2 Å². The molecule has 0 bridgehead atoms. The fourth-order valence-corrected chi connectivity index (χ4v) is 3.45. The zero-order chi connectivity index (χ0) is 17.9. The van der Waals surface area contributed by atoms with Gasteiger partial charge in [0.15, 0.2) is 0 Å². The Kier molecular flexibility index (Phi) is 4.67. The second-order valence-electron chi connectivity index (χ2n) is 6.39. The van der Waals surface area contributed by atoms with E-state index in [1.54, 1.807) is 13.2 Å². The van der Waals surface area contributed by atoms with Gasteiger partial charge in [-0.15, -0.1) is 0 Å². The second-order valence-corrected chi connectivity index (χ2v) is 6.39. The molecule has 4 nitrogen and oxygen atoms in total. The lowest BCUT2D eigenvalue weighted by Gasteiger charge is -2.32. The zero-order valence-corrected chi connectivity index (χ0v) is 14.1. The quantitative estimate of drug-likeness (QED) is 0.791. The molecule has 0 aliphatic heterocycles. The van der Waals surface area contributed by atoms with Gasteiger partial charge in [0.05, 0.1) is 18.6 Å². The standard InChI is InChI=1S/C21H19NO3/c1-25-20-6-5-17(16-4-2-3-15(11-16)13-23)12-19(20)21(14-22)9-7-18(24)8-10-21/h2-6,11-13H,7-10H2,1H3. The highest BCUT2D eigenvalue weighted by atomic mass is 16.5. The number of carbonyl (C=O) groups is 2. The first-order valence-electron chi connectivity index (χ1n) is 8.29. The van der Waals surface area contributed by atoms with Crippen LogP contribution >= 0.6 is 0 Å². The number of methoxy groups -OCH3 is 1. The molecule has 0 saturated heterocycles. The van der Waals surface area contributed by atoms with Gasteiger partial charge in [0.2, 0.25) is 0 Å². The molecule has 0 atom stereocenters. The number of Topliss-reactive ketones (excluding diaryl/α,β-unsaturated/α-hetero) is 1. The highest BCUT2D eigenvalue weighted by Crippen LogP contribution is 2.43. The van der Waals surface area contributed by atoms with E-state index in [0.29, 0.717) is 37.0 Å². The molecule has 0 amide bonds. The third kappa shape index (κ3) is 3.18. The number of aldehydes is 1. The van der Waals surface area contributed by atoms with Crippen molar-refractivity contribution in [3.63, 3.8) is 0 Å². The molecule has 1 aliphatic carbocycles. The molecule has 0 heterocycles. The summed E-state index contributed by atoms with van der Waals surface area (Å²) < 4.78 is 5.50. The molecular formula is C21H19NO3. The van der Waals surface area contributed by atoms with Crippen molar-refractivity contribution in [3.05, 3.63) is 53.6 Å². The summed E-state index contributed by atoms with van der Waals surface area (Å²) in [6, 6.07) is 15.5. The SMILES string of the molecule is COc1ccc(-c2cccc(C=O)c2)cc1C1(C#N)CCC(=O)CC1. The van der Waals surface area contributed by atoms with Crippen molar-refractivity contribution >= 4 is 12.1 Å².